The average Bonchev–Trinajstić information content (AvgIpc) is 2.79. The first kappa shape index (κ1) is 12.8. The Morgan fingerprint density at radius 2 is 2.00 bits per heavy atom. The van der Waals surface area contributed by atoms with Gasteiger partial charge in [-0.2, -0.15) is 0 Å². The van der Waals surface area contributed by atoms with Crippen LogP contribution >= 0.6 is 0 Å². The Hall–Kier alpha value is -0.650. The standard InChI is InChI=1S/C12H22N2O3/c15-12(16)11-3-1-5-14(11)6-2-4-13-7-9-17-10-8-13/h11H,1-10H2,(H,15,16)/t11-/m0/s1. The molecular weight excluding hydrogens is 220 g/mol. The largest absolute Gasteiger partial charge is 0.480 e. The quantitative estimate of drug-likeness (QED) is 0.749. The summed E-state index contributed by atoms with van der Waals surface area (Å²) in [5.74, 6) is -0.658. The number of aliphatic carboxylic acids is 1. The molecule has 0 aromatic rings. The van der Waals surface area contributed by atoms with E-state index in [2.05, 4.69) is 9.80 Å². The number of carboxylic acids is 1. The highest BCUT2D eigenvalue weighted by molar-refractivity contribution is 5.73. The van der Waals surface area contributed by atoms with Gasteiger partial charge in [0.05, 0.1) is 13.2 Å². The Morgan fingerprint density at radius 1 is 1.24 bits per heavy atom. The van der Waals surface area contributed by atoms with Crippen LogP contribution in [0.2, 0.25) is 0 Å². The van der Waals surface area contributed by atoms with Gasteiger partial charge >= 0.3 is 5.97 Å². The van der Waals surface area contributed by atoms with E-state index in [0.29, 0.717) is 0 Å². The Labute approximate surface area is 102 Å². The predicted octanol–water partition coefficient (Wildman–Crippen LogP) is 0.258. The summed E-state index contributed by atoms with van der Waals surface area (Å²) in [5.41, 5.74) is 0. The number of carboxylic acid groups (broad SMARTS) is 1. The van der Waals surface area contributed by atoms with Crippen molar-refractivity contribution in [3.63, 3.8) is 0 Å². The van der Waals surface area contributed by atoms with Crippen LogP contribution in [0.4, 0.5) is 0 Å². The molecule has 2 heterocycles. The summed E-state index contributed by atoms with van der Waals surface area (Å²) in [7, 11) is 0. The average molecular weight is 242 g/mol. The lowest BCUT2D eigenvalue weighted by Crippen LogP contribution is -2.40. The van der Waals surface area contributed by atoms with E-state index in [4.69, 9.17) is 9.84 Å². The third-order valence-electron chi connectivity index (χ3n) is 3.67. The molecule has 0 radical (unpaired) electrons. The highest BCUT2D eigenvalue weighted by atomic mass is 16.5. The minimum Gasteiger partial charge on any atom is -0.480 e. The van der Waals surface area contributed by atoms with Crippen LogP contribution in [0.15, 0.2) is 0 Å². The summed E-state index contributed by atoms with van der Waals surface area (Å²) in [5, 5.41) is 9.06. The van der Waals surface area contributed by atoms with Gasteiger partial charge < -0.3 is 9.84 Å². The van der Waals surface area contributed by atoms with Crippen molar-refractivity contribution < 1.29 is 14.6 Å². The van der Waals surface area contributed by atoms with Crippen molar-refractivity contribution in [1.29, 1.82) is 0 Å². The van der Waals surface area contributed by atoms with Crippen LogP contribution in [-0.4, -0.2) is 72.9 Å². The van der Waals surface area contributed by atoms with E-state index in [1.54, 1.807) is 0 Å². The molecule has 0 aromatic carbocycles. The van der Waals surface area contributed by atoms with Crippen molar-refractivity contribution in [2.24, 2.45) is 0 Å². The zero-order chi connectivity index (χ0) is 12.1. The summed E-state index contributed by atoms with van der Waals surface area (Å²) < 4.78 is 5.30. The fraction of sp³-hybridized carbons (Fsp3) is 0.917. The fourth-order valence-electron chi connectivity index (χ4n) is 2.70. The molecule has 0 saturated carbocycles. The van der Waals surface area contributed by atoms with Gasteiger partial charge in [-0.25, -0.2) is 0 Å². The van der Waals surface area contributed by atoms with Crippen molar-refractivity contribution in [3.05, 3.63) is 0 Å². The molecule has 5 nitrogen and oxygen atoms in total. The fourth-order valence-corrected chi connectivity index (χ4v) is 2.70. The summed E-state index contributed by atoms with van der Waals surface area (Å²) in [6, 6.07) is -0.236. The van der Waals surface area contributed by atoms with Gasteiger partial charge in [0.1, 0.15) is 6.04 Å². The maximum Gasteiger partial charge on any atom is 0.320 e. The predicted molar refractivity (Wildman–Crippen MR) is 64.1 cm³/mol. The Balaban J connectivity index is 1.65. The molecule has 2 aliphatic rings. The Morgan fingerprint density at radius 3 is 2.71 bits per heavy atom. The molecular formula is C12H22N2O3. The molecule has 17 heavy (non-hydrogen) atoms. The summed E-state index contributed by atoms with van der Waals surface area (Å²) in [4.78, 5) is 15.5. The van der Waals surface area contributed by atoms with Crippen LogP contribution in [-0.2, 0) is 9.53 Å². The molecule has 0 spiro atoms. The van der Waals surface area contributed by atoms with Gasteiger partial charge in [0.2, 0.25) is 0 Å². The van der Waals surface area contributed by atoms with E-state index in [0.717, 1.165) is 65.2 Å². The third kappa shape index (κ3) is 3.66. The highest BCUT2D eigenvalue weighted by Crippen LogP contribution is 2.17. The summed E-state index contributed by atoms with van der Waals surface area (Å²) >= 11 is 0. The molecule has 2 rings (SSSR count). The van der Waals surface area contributed by atoms with E-state index in [1.165, 1.54) is 0 Å². The monoisotopic (exact) mass is 242 g/mol. The Kier molecular flexibility index (Phi) is 4.76. The van der Waals surface area contributed by atoms with Crippen molar-refractivity contribution in [2.75, 3.05) is 45.9 Å². The smallest absolute Gasteiger partial charge is 0.320 e. The molecule has 1 N–H and O–H groups in total. The number of rotatable bonds is 5. The maximum absolute atomic E-state index is 11.0. The first-order chi connectivity index (χ1) is 8.27. The van der Waals surface area contributed by atoms with Crippen LogP contribution in [0.1, 0.15) is 19.3 Å². The van der Waals surface area contributed by atoms with Crippen LogP contribution in [0.5, 0.6) is 0 Å². The number of likely N-dealkylation sites (tertiary alicyclic amines) is 1. The Bertz CT molecular complexity index is 254. The van der Waals surface area contributed by atoms with Gasteiger partial charge in [0, 0.05) is 19.6 Å². The molecule has 0 unspecified atom stereocenters. The van der Waals surface area contributed by atoms with E-state index in [9.17, 15) is 4.79 Å². The van der Waals surface area contributed by atoms with E-state index < -0.39 is 5.97 Å². The lowest BCUT2D eigenvalue weighted by atomic mass is 10.2. The molecule has 98 valence electrons. The minimum absolute atomic E-state index is 0.236. The summed E-state index contributed by atoms with van der Waals surface area (Å²) in [6.45, 7) is 6.62. The molecule has 2 saturated heterocycles. The number of hydrogen-bond acceptors (Lipinski definition) is 4. The molecule has 2 fully saturated rings. The van der Waals surface area contributed by atoms with Crippen LogP contribution in [0, 0.1) is 0 Å². The second-order valence-electron chi connectivity index (χ2n) is 4.84. The number of carbonyl (C=O) groups is 1. The second kappa shape index (κ2) is 6.33. The molecule has 1 atom stereocenters. The van der Waals surface area contributed by atoms with Gasteiger partial charge in [-0.15, -0.1) is 0 Å². The molecule has 2 aliphatic heterocycles. The lowest BCUT2D eigenvalue weighted by Gasteiger charge is -2.28. The first-order valence-electron chi connectivity index (χ1n) is 6.54. The van der Waals surface area contributed by atoms with Crippen molar-refractivity contribution in [2.45, 2.75) is 25.3 Å². The van der Waals surface area contributed by atoms with Gasteiger partial charge in [-0.05, 0) is 32.4 Å². The molecule has 0 aromatic heterocycles. The minimum atomic E-state index is -0.658. The van der Waals surface area contributed by atoms with Gasteiger partial charge in [0.25, 0.3) is 0 Å². The zero-order valence-corrected chi connectivity index (χ0v) is 10.3. The van der Waals surface area contributed by atoms with Crippen molar-refractivity contribution in [1.82, 2.24) is 9.80 Å². The SMILES string of the molecule is O=C(O)[C@@H]1CCCN1CCCN1CCOCC1. The zero-order valence-electron chi connectivity index (χ0n) is 10.3. The third-order valence-corrected chi connectivity index (χ3v) is 3.67. The number of morpholine rings is 1. The number of ether oxygens (including phenoxy) is 1. The van der Waals surface area contributed by atoms with Crippen molar-refractivity contribution in [3.8, 4) is 0 Å². The molecule has 0 bridgehead atoms. The van der Waals surface area contributed by atoms with Crippen molar-refractivity contribution >= 4 is 5.97 Å². The molecule has 5 heteroatoms. The molecule has 0 amide bonds. The topological polar surface area (TPSA) is 53.0 Å². The summed E-state index contributed by atoms with van der Waals surface area (Å²) in [6.07, 6.45) is 2.89. The lowest BCUT2D eigenvalue weighted by molar-refractivity contribution is -0.142. The number of nitrogens with zero attached hydrogens (tertiary/aromatic N) is 2. The highest BCUT2D eigenvalue weighted by Gasteiger charge is 2.29. The van der Waals surface area contributed by atoms with Crippen LogP contribution in [0.3, 0.4) is 0 Å². The van der Waals surface area contributed by atoms with E-state index in [1.807, 2.05) is 0 Å². The van der Waals surface area contributed by atoms with Gasteiger partial charge in [-0.1, -0.05) is 0 Å². The van der Waals surface area contributed by atoms with Gasteiger partial charge in [-0.3, -0.25) is 14.6 Å². The second-order valence-corrected chi connectivity index (χ2v) is 4.84. The van der Waals surface area contributed by atoms with Crippen LogP contribution in [0.25, 0.3) is 0 Å². The first-order valence-corrected chi connectivity index (χ1v) is 6.54. The van der Waals surface area contributed by atoms with E-state index in [-0.39, 0.29) is 6.04 Å². The maximum atomic E-state index is 11.0. The van der Waals surface area contributed by atoms with Gasteiger partial charge in [0.15, 0.2) is 0 Å². The molecule has 0 aliphatic carbocycles. The van der Waals surface area contributed by atoms with Crippen LogP contribution < -0.4 is 0 Å². The van der Waals surface area contributed by atoms with E-state index >= 15 is 0 Å². The number of hydrogen-bond donors (Lipinski definition) is 1. The normalized spacial score (nSPS) is 27.4.